The van der Waals surface area contributed by atoms with Crippen molar-refractivity contribution in [3.63, 3.8) is 0 Å². The molecule has 2 rings (SSSR count). The molecular formula is C14H18F2N2O. The van der Waals surface area contributed by atoms with Crippen LogP contribution in [0.15, 0.2) is 18.2 Å². The largest absolute Gasteiger partial charge is 0.320 e. The maximum absolute atomic E-state index is 13.5. The molecule has 0 aromatic heterocycles. The SMILES string of the molecule is CC1CCCC(N)(C(=O)Nc2c(F)cccc2F)C1. The van der Waals surface area contributed by atoms with Crippen molar-refractivity contribution in [2.75, 3.05) is 5.32 Å². The lowest BCUT2D eigenvalue weighted by Crippen LogP contribution is -2.53. The van der Waals surface area contributed by atoms with Gasteiger partial charge in [-0.15, -0.1) is 0 Å². The molecule has 1 saturated carbocycles. The lowest BCUT2D eigenvalue weighted by atomic mass is 9.76. The van der Waals surface area contributed by atoms with E-state index in [9.17, 15) is 13.6 Å². The van der Waals surface area contributed by atoms with Gasteiger partial charge in [0.25, 0.3) is 0 Å². The van der Waals surface area contributed by atoms with Gasteiger partial charge >= 0.3 is 0 Å². The Hall–Kier alpha value is -1.49. The highest BCUT2D eigenvalue weighted by Crippen LogP contribution is 2.31. The maximum Gasteiger partial charge on any atom is 0.244 e. The van der Waals surface area contributed by atoms with Gasteiger partial charge in [0, 0.05) is 0 Å². The number of carbonyl (C=O) groups excluding carboxylic acids is 1. The van der Waals surface area contributed by atoms with Crippen molar-refractivity contribution in [1.29, 1.82) is 0 Å². The molecule has 19 heavy (non-hydrogen) atoms. The summed E-state index contributed by atoms with van der Waals surface area (Å²) in [5, 5.41) is 2.30. The molecule has 1 aromatic rings. The Balaban J connectivity index is 2.17. The minimum absolute atomic E-state index is 0.343. The van der Waals surface area contributed by atoms with E-state index < -0.39 is 28.8 Å². The predicted molar refractivity (Wildman–Crippen MR) is 69.5 cm³/mol. The number of benzene rings is 1. The van der Waals surface area contributed by atoms with Crippen LogP contribution in [0.25, 0.3) is 0 Å². The number of hydrogen-bond donors (Lipinski definition) is 2. The molecule has 0 radical (unpaired) electrons. The molecule has 1 aromatic carbocycles. The molecule has 2 unspecified atom stereocenters. The monoisotopic (exact) mass is 268 g/mol. The first-order valence-corrected chi connectivity index (χ1v) is 6.47. The fourth-order valence-electron chi connectivity index (χ4n) is 2.65. The Bertz CT molecular complexity index is 472. The topological polar surface area (TPSA) is 55.1 Å². The first kappa shape index (κ1) is 13.9. The summed E-state index contributed by atoms with van der Waals surface area (Å²) in [6.45, 7) is 2.03. The molecule has 2 atom stereocenters. The second kappa shape index (κ2) is 5.25. The fraction of sp³-hybridized carbons (Fsp3) is 0.500. The Morgan fingerprint density at radius 3 is 2.63 bits per heavy atom. The Morgan fingerprint density at radius 1 is 1.42 bits per heavy atom. The van der Waals surface area contributed by atoms with Gasteiger partial charge in [0.05, 0.1) is 5.54 Å². The van der Waals surface area contributed by atoms with E-state index in [-0.39, 0.29) is 0 Å². The molecule has 0 saturated heterocycles. The second-order valence-corrected chi connectivity index (χ2v) is 5.41. The van der Waals surface area contributed by atoms with Crippen LogP contribution < -0.4 is 11.1 Å². The molecule has 1 fully saturated rings. The summed E-state index contributed by atoms with van der Waals surface area (Å²) in [5.41, 5.74) is 4.63. The minimum atomic E-state index is -1.04. The van der Waals surface area contributed by atoms with Gasteiger partial charge in [0.2, 0.25) is 5.91 Å². The van der Waals surface area contributed by atoms with Crippen molar-refractivity contribution >= 4 is 11.6 Å². The zero-order valence-electron chi connectivity index (χ0n) is 10.9. The average molecular weight is 268 g/mol. The van der Waals surface area contributed by atoms with Crippen LogP contribution in [0.4, 0.5) is 14.5 Å². The molecule has 0 bridgehead atoms. The minimum Gasteiger partial charge on any atom is -0.320 e. The van der Waals surface area contributed by atoms with Crippen molar-refractivity contribution in [3.8, 4) is 0 Å². The number of carbonyl (C=O) groups is 1. The third kappa shape index (κ3) is 2.92. The normalized spacial score (nSPS) is 27.1. The number of amides is 1. The van der Waals surface area contributed by atoms with E-state index in [0.29, 0.717) is 18.8 Å². The van der Waals surface area contributed by atoms with Crippen LogP contribution in [0.2, 0.25) is 0 Å². The summed E-state index contributed by atoms with van der Waals surface area (Å²) >= 11 is 0. The summed E-state index contributed by atoms with van der Waals surface area (Å²) in [6, 6.07) is 3.46. The molecule has 0 heterocycles. The zero-order chi connectivity index (χ0) is 14.0. The van der Waals surface area contributed by atoms with E-state index in [2.05, 4.69) is 5.32 Å². The first-order valence-electron chi connectivity index (χ1n) is 6.47. The van der Waals surface area contributed by atoms with Crippen LogP contribution in [0.5, 0.6) is 0 Å². The Labute approximate surface area is 111 Å². The van der Waals surface area contributed by atoms with Gasteiger partial charge in [0.1, 0.15) is 17.3 Å². The smallest absolute Gasteiger partial charge is 0.244 e. The summed E-state index contributed by atoms with van der Waals surface area (Å²) in [7, 11) is 0. The Kier molecular flexibility index (Phi) is 3.85. The van der Waals surface area contributed by atoms with Gasteiger partial charge in [-0.3, -0.25) is 4.79 Å². The van der Waals surface area contributed by atoms with Gasteiger partial charge in [0.15, 0.2) is 0 Å². The van der Waals surface area contributed by atoms with Gasteiger partial charge in [-0.1, -0.05) is 25.8 Å². The highest BCUT2D eigenvalue weighted by Gasteiger charge is 2.38. The van der Waals surface area contributed by atoms with Gasteiger partial charge in [-0.2, -0.15) is 0 Å². The van der Waals surface area contributed by atoms with E-state index in [1.165, 1.54) is 6.07 Å². The number of hydrogen-bond acceptors (Lipinski definition) is 2. The van der Waals surface area contributed by atoms with Crippen molar-refractivity contribution in [2.24, 2.45) is 11.7 Å². The number of nitrogens with one attached hydrogen (secondary N) is 1. The van der Waals surface area contributed by atoms with Crippen molar-refractivity contribution < 1.29 is 13.6 Å². The third-order valence-corrected chi connectivity index (χ3v) is 3.69. The van der Waals surface area contributed by atoms with Crippen LogP contribution in [0.3, 0.4) is 0 Å². The average Bonchev–Trinajstić information content (AvgIpc) is 2.33. The van der Waals surface area contributed by atoms with Gasteiger partial charge in [-0.05, 0) is 30.9 Å². The molecule has 5 heteroatoms. The van der Waals surface area contributed by atoms with Crippen molar-refractivity contribution in [3.05, 3.63) is 29.8 Å². The lowest BCUT2D eigenvalue weighted by Gasteiger charge is -2.35. The summed E-state index contributed by atoms with van der Waals surface area (Å²) < 4.78 is 27.0. The summed E-state index contributed by atoms with van der Waals surface area (Å²) in [6.07, 6.45) is 2.96. The molecular weight excluding hydrogens is 250 g/mol. The number of rotatable bonds is 2. The summed E-state index contributed by atoms with van der Waals surface area (Å²) in [4.78, 5) is 12.2. The molecule has 3 N–H and O–H groups in total. The molecule has 104 valence electrons. The highest BCUT2D eigenvalue weighted by molar-refractivity contribution is 5.98. The standard InChI is InChI=1S/C14H18F2N2O/c1-9-4-3-7-14(17,8-9)13(19)18-12-10(15)5-2-6-11(12)16/h2,5-6,9H,3-4,7-8,17H2,1H3,(H,18,19). The van der Waals surface area contributed by atoms with Gasteiger partial charge < -0.3 is 11.1 Å². The van der Waals surface area contributed by atoms with Gasteiger partial charge in [-0.25, -0.2) is 8.78 Å². The summed E-state index contributed by atoms with van der Waals surface area (Å²) in [5.74, 6) is -1.75. The van der Waals surface area contributed by atoms with Crippen molar-refractivity contribution in [1.82, 2.24) is 0 Å². The Morgan fingerprint density at radius 2 is 2.05 bits per heavy atom. The van der Waals surface area contributed by atoms with E-state index in [0.717, 1.165) is 25.0 Å². The number of nitrogens with two attached hydrogens (primary N) is 1. The molecule has 1 amide bonds. The van der Waals surface area contributed by atoms with E-state index in [1.807, 2.05) is 6.92 Å². The van der Waals surface area contributed by atoms with E-state index in [4.69, 9.17) is 5.73 Å². The quantitative estimate of drug-likeness (QED) is 0.866. The molecule has 0 aliphatic heterocycles. The molecule has 1 aliphatic rings. The molecule has 1 aliphatic carbocycles. The lowest BCUT2D eigenvalue weighted by molar-refractivity contribution is -0.122. The van der Waals surface area contributed by atoms with Crippen LogP contribution in [0, 0.1) is 17.6 Å². The predicted octanol–water partition coefficient (Wildman–Crippen LogP) is 2.81. The van der Waals surface area contributed by atoms with Crippen molar-refractivity contribution in [2.45, 2.75) is 38.1 Å². The van der Waals surface area contributed by atoms with Crippen LogP contribution >= 0.6 is 0 Å². The first-order chi connectivity index (χ1) is 8.92. The molecule has 0 spiro atoms. The van der Waals surface area contributed by atoms with E-state index >= 15 is 0 Å². The van der Waals surface area contributed by atoms with Crippen LogP contribution in [-0.2, 0) is 4.79 Å². The zero-order valence-corrected chi connectivity index (χ0v) is 10.9. The fourth-order valence-corrected chi connectivity index (χ4v) is 2.65. The number of halogens is 2. The van der Waals surface area contributed by atoms with Crippen LogP contribution in [0.1, 0.15) is 32.6 Å². The molecule has 3 nitrogen and oxygen atoms in total. The number of para-hydroxylation sites is 1. The highest BCUT2D eigenvalue weighted by atomic mass is 19.1. The number of anilines is 1. The van der Waals surface area contributed by atoms with E-state index in [1.54, 1.807) is 0 Å². The maximum atomic E-state index is 13.5. The second-order valence-electron chi connectivity index (χ2n) is 5.41. The third-order valence-electron chi connectivity index (χ3n) is 3.69. The van der Waals surface area contributed by atoms with Crippen LogP contribution in [-0.4, -0.2) is 11.4 Å².